The Bertz CT molecular complexity index is 630. The molecule has 0 aliphatic heterocycles. The lowest BCUT2D eigenvalue weighted by Gasteiger charge is -2.21. The Hall–Kier alpha value is -1.69. The molecule has 5 nitrogen and oxygen atoms in total. The third-order valence-electron chi connectivity index (χ3n) is 3.09. The molecule has 2 aromatic rings. The fraction of sp³-hybridized carbons (Fsp3) is 0.357. The van der Waals surface area contributed by atoms with Crippen LogP contribution in [0.4, 0.5) is 5.82 Å². The van der Waals surface area contributed by atoms with Gasteiger partial charge in [-0.2, -0.15) is 0 Å². The van der Waals surface area contributed by atoms with E-state index in [1.165, 1.54) is 6.33 Å². The van der Waals surface area contributed by atoms with Gasteiger partial charge in [-0.1, -0.05) is 29.8 Å². The zero-order chi connectivity index (χ0) is 14.7. The van der Waals surface area contributed by atoms with E-state index in [1.807, 2.05) is 32.0 Å². The summed E-state index contributed by atoms with van der Waals surface area (Å²) in [7, 11) is 1.63. The molecule has 0 fully saturated rings. The zero-order valence-corrected chi connectivity index (χ0v) is 13.2. The molecule has 0 saturated heterocycles. The van der Waals surface area contributed by atoms with Gasteiger partial charge in [0.1, 0.15) is 18.2 Å². The first-order valence-electron chi connectivity index (χ1n) is 6.41. The standard InChI is InChI=1S/C14H17BrN4O/c1-8(2)12(14(20)16-3)19-13-10-6-9(15)4-5-11(10)17-7-18-13/h4-8,12H,1-3H3,(H,16,20)(H,17,18,19). The van der Waals surface area contributed by atoms with Gasteiger partial charge in [-0.05, 0) is 24.1 Å². The number of fused-ring (bicyclic) bond motifs is 1. The number of hydrogen-bond donors (Lipinski definition) is 2. The van der Waals surface area contributed by atoms with Gasteiger partial charge in [-0.15, -0.1) is 0 Å². The fourth-order valence-electron chi connectivity index (χ4n) is 1.98. The smallest absolute Gasteiger partial charge is 0.242 e. The predicted molar refractivity (Wildman–Crippen MR) is 83.6 cm³/mol. The van der Waals surface area contributed by atoms with Crippen molar-refractivity contribution in [3.8, 4) is 0 Å². The molecule has 0 bridgehead atoms. The lowest BCUT2D eigenvalue weighted by Crippen LogP contribution is -2.41. The second kappa shape index (κ2) is 6.17. The van der Waals surface area contributed by atoms with E-state index in [4.69, 9.17) is 0 Å². The van der Waals surface area contributed by atoms with E-state index in [-0.39, 0.29) is 17.9 Å². The van der Waals surface area contributed by atoms with E-state index in [2.05, 4.69) is 36.5 Å². The molecule has 2 N–H and O–H groups in total. The van der Waals surface area contributed by atoms with Gasteiger partial charge in [0, 0.05) is 16.9 Å². The molecular weight excluding hydrogens is 320 g/mol. The summed E-state index contributed by atoms with van der Waals surface area (Å²) >= 11 is 3.44. The van der Waals surface area contributed by atoms with Crippen LogP contribution >= 0.6 is 15.9 Å². The number of nitrogens with zero attached hydrogens (tertiary/aromatic N) is 2. The molecule has 0 saturated carbocycles. The quantitative estimate of drug-likeness (QED) is 0.900. The van der Waals surface area contributed by atoms with Crippen LogP contribution in [0.25, 0.3) is 10.9 Å². The average Bonchev–Trinajstić information content (AvgIpc) is 2.43. The maximum absolute atomic E-state index is 11.9. The van der Waals surface area contributed by atoms with Crippen molar-refractivity contribution in [3.05, 3.63) is 29.0 Å². The Morgan fingerprint density at radius 3 is 2.70 bits per heavy atom. The lowest BCUT2D eigenvalue weighted by molar-refractivity contribution is -0.122. The van der Waals surface area contributed by atoms with Gasteiger partial charge in [0.2, 0.25) is 5.91 Å². The molecule has 2 rings (SSSR count). The third-order valence-corrected chi connectivity index (χ3v) is 3.58. The molecular formula is C14H17BrN4O. The Labute approximate surface area is 126 Å². The van der Waals surface area contributed by atoms with Crippen molar-refractivity contribution in [1.29, 1.82) is 0 Å². The molecule has 0 aliphatic carbocycles. The molecule has 1 unspecified atom stereocenters. The maximum atomic E-state index is 11.9. The summed E-state index contributed by atoms with van der Waals surface area (Å²) in [6, 6.07) is 5.45. The van der Waals surface area contributed by atoms with Crippen molar-refractivity contribution >= 4 is 38.6 Å². The maximum Gasteiger partial charge on any atom is 0.242 e. The van der Waals surface area contributed by atoms with Gasteiger partial charge >= 0.3 is 0 Å². The van der Waals surface area contributed by atoms with Crippen LogP contribution in [0.3, 0.4) is 0 Å². The molecule has 0 aliphatic rings. The van der Waals surface area contributed by atoms with Crippen molar-refractivity contribution in [2.24, 2.45) is 5.92 Å². The highest BCUT2D eigenvalue weighted by molar-refractivity contribution is 9.10. The molecule has 1 aromatic heterocycles. The van der Waals surface area contributed by atoms with Gasteiger partial charge in [0.25, 0.3) is 0 Å². The van der Waals surface area contributed by atoms with Crippen LogP contribution in [-0.2, 0) is 4.79 Å². The first kappa shape index (κ1) is 14.7. The summed E-state index contributed by atoms with van der Waals surface area (Å²) < 4.78 is 0.948. The summed E-state index contributed by atoms with van der Waals surface area (Å²) in [4.78, 5) is 20.4. The van der Waals surface area contributed by atoms with Gasteiger partial charge in [-0.3, -0.25) is 4.79 Å². The molecule has 1 aromatic carbocycles. The molecule has 0 spiro atoms. The third kappa shape index (κ3) is 3.07. The number of likely N-dealkylation sites (N-methyl/N-ethyl adjacent to an activating group) is 1. The Kier molecular flexibility index (Phi) is 4.54. The van der Waals surface area contributed by atoms with Crippen molar-refractivity contribution in [3.63, 3.8) is 0 Å². The first-order valence-corrected chi connectivity index (χ1v) is 7.20. The highest BCUT2D eigenvalue weighted by Crippen LogP contribution is 2.24. The first-order chi connectivity index (χ1) is 9.52. The number of aromatic nitrogens is 2. The van der Waals surface area contributed by atoms with Gasteiger partial charge < -0.3 is 10.6 Å². The van der Waals surface area contributed by atoms with E-state index in [0.717, 1.165) is 15.4 Å². The average molecular weight is 337 g/mol. The monoisotopic (exact) mass is 336 g/mol. The number of rotatable bonds is 4. The minimum atomic E-state index is -0.336. The lowest BCUT2D eigenvalue weighted by atomic mass is 10.0. The van der Waals surface area contributed by atoms with Gasteiger partial charge in [0.15, 0.2) is 0 Å². The van der Waals surface area contributed by atoms with Crippen LogP contribution in [0.5, 0.6) is 0 Å². The molecule has 106 valence electrons. The van der Waals surface area contributed by atoms with Crippen LogP contribution in [0.15, 0.2) is 29.0 Å². The number of carbonyl (C=O) groups is 1. The fourth-order valence-corrected chi connectivity index (χ4v) is 2.34. The number of anilines is 1. The largest absolute Gasteiger partial charge is 0.358 e. The van der Waals surface area contributed by atoms with E-state index in [1.54, 1.807) is 7.05 Å². The summed E-state index contributed by atoms with van der Waals surface area (Å²) in [5.74, 6) is 0.757. The van der Waals surface area contributed by atoms with E-state index in [9.17, 15) is 4.79 Å². The molecule has 20 heavy (non-hydrogen) atoms. The number of amides is 1. The number of benzene rings is 1. The Balaban J connectivity index is 2.42. The molecule has 6 heteroatoms. The minimum Gasteiger partial charge on any atom is -0.358 e. The second-order valence-electron chi connectivity index (χ2n) is 4.86. The highest BCUT2D eigenvalue weighted by atomic mass is 79.9. The number of nitrogens with one attached hydrogen (secondary N) is 2. The van der Waals surface area contributed by atoms with Crippen molar-refractivity contribution in [2.75, 3.05) is 12.4 Å². The molecule has 1 atom stereocenters. The predicted octanol–water partition coefficient (Wildman–Crippen LogP) is 2.57. The van der Waals surface area contributed by atoms with Crippen LogP contribution < -0.4 is 10.6 Å². The van der Waals surface area contributed by atoms with E-state index < -0.39 is 0 Å². The molecule has 1 amide bonds. The summed E-state index contributed by atoms with van der Waals surface area (Å²) in [5, 5.41) is 6.77. The van der Waals surface area contributed by atoms with Crippen molar-refractivity contribution in [2.45, 2.75) is 19.9 Å². The Morgan fingerprint density at radius 1 is 1.30 bits per heavy atom. The van der Waals surface area contributed by atoms with Gasteiger partial charge in [0.05, 0.1) is 5.52 Å². The summed E-state index contributed by atoms with van der Waals surface area (Å²) in [6.07, 6.45) is 1.50. The molecule has 0 radical (unpaired) electrons. The normalized spacial score (nSPS) is 12.4. The van der Waals surface area contributed by atoms with E-state index in [0.29, 0.717) is 5.82 Å². The summed E-state index contributed by atoms with van der Waals surface area (Å²) in [6.45, 7) is 3.98. The zero-order valence-electron chi connectivity index (χ0n) is 11.6. The van der Waals surface area contributed by atoms with Crippen LogP contribution in [0.2, 0.25) is 0 Å². The van der Waals surface area contributed by atoms with Crippen molar-refractivity contribution in [1.82, 2.24) is 15.3 Å². The highest BCUT2D eigenvalue weighted by Gasteiger charge is 2.22. The van der Waals surface area contributed by atoms with Crippen molar-refractivity contribution < 1.29 is 4.79 Å². The minimum absolute atomic E-state index is 0.0539. The van der Waals surface area contributed by atoms with Crippen LogP contribution in [0.1, 0.15) is 13.8 Å². The molecule has 1 heterocycles. The number of hydrogen-bond acceptors (Lipinski definition) is 4. The second-order valence-corrected chi connectivity index (χ2v) is 5.78. The number of halogens is 1. The topological polar surface area (TPSA) is 66.9 Å². The number of carbonyl (C=O) groups excluding carboxylic acids is 1. The van der Waals surface area contributed by atoms with Crippen LogP contribution in [0, 0.1) is 5.92 Å². The van der Waals surface area contributed by atoms with Gasteiger partial charge in [-0.25, -0.2) is 9.97 Å². The van der Waals surface area contributed by atoms with Crippen LogP contribution in [-0.4, -0.2) is 29.0 Å². The summed E-state index contributed by atoms with van der Waals surface area (Å²) in [5.41, 5.74) is 0.838. The SMILES string of the molecule is CNC(=O)C(Nc1ncnc2ccc(Br)cc12)C(C)C. The van der Waals surface area contributed by atoms with E-state index >= 15 is 0 Å². The Morgan fingerprint density at radius 2 is 2.05 bits per heavy atom.